The van der Waals surface area contributed by atoms with Crippen LogP contribution in [0.3, 0.4) is 0 Å². The molecule has 2 fully saturated rings. The second kappa shape index (κ2) is 7.79. The van der Waals surface area contributed by atoms with Crippen molar-refractivity contribution in [3.05, 3.63) is 29.3 Å². The van der Waals surface area contributed by atoms with Crippen molar-refractivity contribution < 1.29 is 9.84 Å². The van der Waals surface area contributed by atoms with E-state index in [1.807, 2.05) is 13.0 Å². The normalized spacial score (nSPS) is 20.7. The molecule has 0 saturated carbocycles. The maximum Gasteiger partial charge on any atom is 0.120 e. The predicted molar refractivity (Wildman–Crippen MR) is 91.8 cm³/mol. The van der Waals surface area contributed by atoms with E-state index in [1.165, 1.54) is 19.3 Å². The highest BCUT2D eigenvalue weighted by Crippen LogP contribution is 2.22. The molecule has 0 unspecified atom stereocenters. The van der Waals surface area contributed by atoms with E-state index in [2.05, 4.69) is 16.0 Å². The fourth-order valence-corrected chi connectivity index (χ4v) is 3.22. The number of piperidine rings is 1. The Morgan fingerprint density at radius 2 is 1.87 bits per heavy atom. The van der Waals surface area contributed by atoms with E-state index in [1.54, 1.807) is 6.07 Å². The number of hydrogen-bond acceptors (Lipinski definition) is 5. The second-order valence-electron chi connectivity index (χ2n) is 6.43. The number of hydrogen-bond donors (Lipinski definition) is 1. The molecular formula is C18H27N3O2. The van der Waals surface area contributed by atoms with Gasteiger partial charge < -0.3 is 9.84 Å². The molecule has 1 N–H and O–H groups in total. The molecule has 0 aliphatic carbocycles. The molecule has 23 heavy (non-hydrogen) atoms. The fraction of sp³-hybridized carbons (Fsp3) is 0.611. The number of likely N-dealkylation sites (tertiary alicyclic amines) is 1. The van der Waals surface area contributed by atoms with Gasteiger partial charge in [-0.2, -0.15) is 5.10 Å². The summed E-state index contributed by atoms with van der Waals surface area (Å²) in [6, 6.07) is 5.84. The topological polar surface area (TPSA) is 48.3 Å². The highest BCUT2D eigenvalue weighted by molar-refractivity contribution is 5.98. The lowest BCUT2D eigenvalue weighted by Gasteiger charge is -2.27. The van der Waals surface area contributed by atoms with Gasteiger partial charge >= 0.3 is 0 Å². The highest BCUT2D eigenvalue weighted by Gasteiger charge is 2.14. The molecule has 0 radical (unpaired) electrons. The zero-order valence-electron chi connectivity index (χ0n) is 14.0. The fourth-order valence-electron chi connectivity index (χ4n) is 3.22. The molecule has 2 heterocycles. The van der Waals surface area contributed by atoms with E-state index >= 15 is 0 Å². The monoisotopic (exact) mass is 317 g/mol. The van der Waals surface area contributed by atoms with Gasteiger partial charge in [0.15, 0.2) is 0 Å². The van der Waals surface area contributed by atoms with E-state index in [0.29, 0.717) is 5.75 Å². The molecule has 5 heteroatoms. The lowest BCUT2D eigenvalue weighted by molar-refractivity contribution is 0.0393. The Morgan fingerprint density at radius 3 is 2.61 bits per heavy atom. The quantitative estimate of drug-likeness (QED) is 0.867. The summed E-state index contributed by atoms with van der Waals surface area (Å²) in [5.74, 6) is 0.387. The van der Waals surface area contributed by atoms with Gasteiger partial charge in [0.1, 0.15) is 5.75 Å². The minimum Gasteiger partial charge on any atom is -0.508 e. The minimum absolute atomic E-state index is 0.387. The number of phenolic OH excluding ortho intramolecular Hbond substituents is 1. The van der Waals surface area contributed by atoms with Crippen molar-refractivity contribution in [1.82, 2.24) is 9.91 Å². The Labute approximate surface area is 138 Å². The van der Waals surface area contributed by atoms with Crippen LogP contribution in [-0.2, 0) is 11.3 Å². The smallest absolute Gasteiger partial charge is 0.120 e. The van der Waals surface area contributed by atoms with Crippen molar-refractivity contribution in [3.8, 4) is 5.75 Å². The molecule has 0 spiro atoms. The van der Waals surface area contributed by atoms with Gasteiger partial charge in [-0.15, -0.1) is 0 Å². The van der Waals surface area contributed by atoms with Gasteiger partial charge in [0.2, 0.25) is 0 Å². The summed E-state index contributed by atoms with van der Waals surface area (Å²) in [7, 11) is 0. The molecule has 5 nitrogen and oxygen atoms in total. The molecule has 1 aromatic rings. The molecule has 126 valence electrons. The van der Waals surface area contributed by atoms with Crippen LogP contribution >= 0.6 is 0 Å². The first kappa shape index (κ1) is 16.3. The Kier molecular flexibility index (Phi) is 5.51. The van der Waals surface area contributed by atoms with Crippen LogP contribution in [0.4, 0.5) is 0 Å². The number of nitrogens with zero attached hydrogens (tertiary/aromatic N) is 3. The SMILES string of the molecule is CC(=NN1CCOCC1)c1ccc(O)c(CN2CCCCC2)c1. The second-order valence-corrected chi connectivity index (χ2v) is 6.43. The third-order valence-corrected chi connectivity index (χ3v) is 4.62. The zero-order valence-corrected chi connectivity index (χ0v) is 14.0. The van der Waals surface area contributed by atoms with Gasteiger partial charge in [-0.05, 0) is 56.6 Å². The summed E-state index contributed by atoms with van der Waals surface area (Å²) in [6.07, 6.45) is 3.85. The van der Waals surface area contributed by atoms with Crippen molar-refractivity contribution in [2.24, 2.45) is 5.10 Å². The van der Waals surface area contributed by atoms with Crippen LogP contribution in [0.5, 0.6) is 5.75 Å². The van der Waals surface area contributed by atoms with Crippen LogP contribution in [0, 0.1) is 0 Å². The summed E-state index contributed by atoms with van der Waals surface area (Å²) in [5, 5.41) is 16.9. The number of aromatic hydroxyl groups is 1. The molecule has 0 atom stereocenters. The summed E-state index contributed by atoms with van der Waals surface area (Å²) in [6.45, 7) is 8.29. The first-order chi connectivity index (χ1) is 11.2. The van der Waals surface area contributed by atoms with Crippen molar-refractivity contribution in [2.45, 2.75) is 32.7 Å². The average Bonchev–Trinajstić information content (AvgIpc) is 2.58. The van der Waals surface area contributed by atoms with Crippen LogP contribution in [0.2, 0.25) is 0 Å². The molecule has 2 aliphatic rings. The number of phenols is 1. The van der Waals surface area contributed by atoms with E-state index in [0.717, 1.165) is 62.8 Å². The van der Waals surface area contributed by atoms with Crippen LogP contribution in [0.15, 0.2) is 23.3 Å². The summed E-state index contributed by atoms with van der Waals surface area (Å²) < 4.78 is 5.36. The number of benzene rings is 1. The van der Waals surface area contributed by atoms with Gasteiger partial charge in [-0.1, -0.05) is 6.42 Å². The van der Waals surface area contributed by atoms with Crippen molar-refractivity contribution in [1.29, 1.82) is 0 Å². The molecule has 2 saturated heterocycles. The van der Waals surface area contributed by atoms with Crippen LogP contribution < -0.4 is 0 Å². The van der Waals surface area contributed by atoms with Crippen molar-refractivity contribution >= 4 is 5.71 Å². The van der Waals surface area contributed by atoms with Gasteiger partial charge in [0.25, 0.3) is 0 Å². The minimum atomic E-state index is 0.387. The number of morpholine rings is 1. The lowest BCUT2D eigenvalue weighted by Crippen LogP contribution is -2.33. The number of rotatable bonds is 4. The number of ether oxygens (including phenoxy) is 1. The molecule has 2 aliphatic heterocycles. The summed E-state index contributed by atoms with van der Waals surface area (Å²) in [4.78, 5) is 2.43. The molecule has 0 bridgehead atoms. The van der Waals surface area contributed by atoms with Crippen molar-refractivity contribution in [3.63, 3.8) is 0 Å². The Balaban J connectivity index is 1.71. The van der Waals surface area contributed by atoms with Gasteiger partial charge in [-0.25, -0.2) is 0 Å². The largest absolute Gasteiger partial charge is 0.508 e. The highest BCUT2D eigenvalue weighted by atomic mass is 16.5. The van der Waals surface area contributed by atoms with E-state index < -0.39 is 0 Å². The maximum absolute atomic E-state index is 10.2. The summed E-state index contributed by atoms with van der Waals surface area (Å²) in [5.41, 5.74) is 3.08. The van der Waals surface area contributed by atoms with Crippen LogP contribution in [-0.4, -0.2) is 60.1 Å². The Morgan fingerprint density at radius 1 is 1.13 bits per heavy atom. The Hall–Kier alpha value is -1.59. The third-order valence-electron chi connectivity index (χ3n) is 4.62. The van der Waals surface area contributed by atoms with Crippen LogP contribution in [0.1, 0.15) is 37.3 Å². The molecular weight excluding hydrogens is 290 g/mol. The molecule has 1 aromatic carbocycles. The van der Waals surface area contributed by atoms with E-state index in [-0.39, 0.29) is 0 Å². The molecule has 0 amide bonds. The maximum atomic E-state index is 10.2. The van der Waals surface area contributed by atoms with Gasteiger partial charge in [-0.3, -0.25) is 9.91 Å². The third kappa shape index (κ3) is 4.45. The predicted octanol–water partition coefficient (Wildman–Crippen LogP) is 2.43. The number of hydrazone groups is 1. The summed E-state index contributed by atoms with van der Waals surface area (Å²) >= 11 is 0. The van der Waals surface area contributed by atoms with Crippen LogP contribution in [0.25, 0.3) is 0 Å². The van der Waals surface area contributed by atoms with E-state index in [9.17, 15) is 5.11 Å². The molecule has 3 rings (SSSR count). The average molecular weight is 317 g/mol. The van der Waals surface area contributed by atoms with Gasteiger partial charge in [0.05, 0.1) is 32.0 Å². The van der Waals surface area contributed by atoms with E-state index in [4.69, 9.17) is 9.84 Å². The standard InChI is InChI=1S/C18H27N3O2/c1-15(19-21-9-11-23-12-10-21)16-5-6-18(22)17(13-16)14-20-7-3-2-4-8-20/h5-6,13,22H,2-4,7-12,14H2,1H3. The first-order valence-corrected chi connectivity index (χ1v) is 8.65. The van der Waals surface area contributed by atoms with Gasteiger partial charge in [0, 0.05) is 12.1 Å². The van der Waals surface area contributed by atoms with Crippen molar-refractivity contribution in [2.75, 3.05) is 39.4 Å². The molecule has 0 aromatic heterocycles. The Bertz CT molecular complexity index is 547. The zero-order chi connectivity index (χ0) is 16.1. The first-order valence-electron chi connectivity index (χ1n) is 8.65. The lowest BCUT2D eigenvalue weighted by atomic mass is 10.0.